The molecule has 2 atom stereocenters. The fraction of sp³-hybridized carbons (Fsp3) is 0.333. The monoisotopic (exact) mass is 272 g/mol. The van der Waals surface area contributed by atoms with E-state index < -0.39 is 17.9 Å². The first-order chi connectivity index (χ1) is 9.60. The second-order valence-corrected chi connectivity index (χ2v) is 4.81. The number of hydrogen-bond acceptors (Lipinski definition) is 2. The summed E-state index contributed by atoms with van der Waals surface area (Å²) in [5.41, 5.74) is 1.26. The summed E-state index contributed by atoms with van der Waals surface area (Å²) in [6, 6.07) is 6.20. The second-order valence-electron chi connectivity index (χ2n) is 4.81. The van der Waals surface area contributed by atoms with Crippen molar-refractivity contribution in [2.45, 2.75) is 25.3 Å². The zero-order valence-electron chi connectivity index (χ0n) is 10.9. The van der Waals surface area contributed by atoms with Crippen molar-refractivity contribution in [2.75, 3.05) is 5.32 Å². The molecule has 0 aromatic heterocycles. The highest BCUT2D eigenvalue weighted by Gasteiger charge is 2.33. The Morgan fingerprint density at radius 3 is 2.85 bits per heavy atom. The molecule has 1 aliphatic carbocycles. The van der Waals surface area contributed by atoms with E-state index in [1.54, 1.807) is 24.3 Å². The Labute approximate surface area is 117 Å². The molecule has 5 heteroatoms. The highest BCUT2D eigenvalue weighted by molar-refractivity contribution is 5.90. The number of hydrogen-bond donors (Lipinski definition) is 3. The molecule has 1 aliphatic rings. The van der Waals surface area contributed by atoms with Crippen molar-refractivity contribution in [3.8, 4) is 12.3 Å². The van der Waals surface area contributed by atoms with E-state index in [4.69, 9.17) is 11.5 Å². The predicted molar refractivity (Wildman–Crippen MR) is 75.3 cm³/mol. The van der Waals surface area contributed by atoms with Gasteiger partial charge in [-0.15, -0.1) is 6.42 Å². The third kappa shape index (κ3) is 3.29. The third-order valence-corrected chi connectivity index (χ3v) is 3.44. The third-order valence-electron chi connectivity index (χ3n) is 3.44. The average Bonchev–Trinajstić information content (AvgIpc) is 2.87. The van der Waals surface area contributed by atoms with E-state index in [9.17, 15) is 9.59 Å². The van der Waals surface area contributed by atoms with E-state index in [-0.39, 0.29) is 6.04 Å². The quantitative estimate of drug-likeness (QED) is 0.737. The van der Waals surface area contributed by atoms with Gasteiger partial charge < -0.3 is 15.7 Å². The number of carboxylic acid groups (broad SMARTS) is 1. The first-order valence-corrected chi connectivity index (χ1v) is 6.47. The summed E-state index contributed by atoms with van der Waals surface area (Å²) in [4.78, 5) is 22.9. The van der Waals surface area contributed by atoms with Crippen molar-refractivity contribution in [2.24, 2.45) is 5.92 Å². The number of carbonyl (C=O) groups excluding carboxylic acids is 1. The van der Waals surface area contributed by atoms with Gasteiger partial charge in [-0.3, -0.25) is 4.79 Å². The van der Waals surface area contributed by atoms with Crippen LogP contribution in [0.25, 0.3) is 0 Å². The molecule has 1 aromatic rings. The molecule has 0 heterocycles. The standard InChI is InChI=1S/C15H16N2O3/c1-2-10-5-3-6-11(9-10)16-15(20)17-13-8-4-7-12(13)14(18)19/h1,3,5-6,9,12-13H,4,7-8H2,(H,18,19)(H2,16,17,20). The Kier molecular flexibility index (Phi) is 4.26. The fourth-order valence-corrected chi connectivity index (χ4v) is 2.45. The summed E-state index contributed by atoms with van der Waals surface area (Å²) in [5.74, 6) is 1.13. The number of terminal acetylenes is 1. The minimum Gasteiger partial charge on any atom is -0.481 e. The van der Waals surface area contributed by atoms with Gasteiger partial charge in [0.2, 0.25) is 0 Å². The zero-order valence-corrected chi connectivity index (χ0v) is 10.9. The van der Waals surface area contributed by atoms with E-state index in [0.717, 1.165) is 6.42 Å². The molecule has 1 saturated carbocycles. The SMILES string of the molecule is C#Cc1cccc(NC(=O)NC2CCCC2C(=O)O)c1. The largest absolute Gasteiger partial charge is 0.481 e. The summed E-state index contributed by atoms with van der Waals surface area (Å²) < 4.78 is 0. The second kappa shape index (κ2) is 6.11. The molecule has 0 saturated heterocycles. The van der Waals surface area contributed by atoms with Gasteiger partial charge in [0.15, 0.2) is 0 Å². The highest BCUT2D eigenvalue weighted by atomic mass is 16.4. The van der Waals surface area contributed by atoms with Crippen LogP contribution in [-0.2, 0) is 4.79 Å². The van der Waals surface area contributed by atoms with Gasteiger partial charge in [0.25, 0.3) is 0 Å². The number of rotatable bonds is 3. The van der Waals surface area contributed by atoms with Crippen molar-refractivity contribution < 1.29 is 14.7 Å². The van der Waals surface area contributed by atoms with E-state index >= 15 is 0 Å². The van der Waals surface area contributed by atoms with Gasteiger partial charge in [0, 0.05) is 17.3 Å². The highest BCUT2D eigenvalue weighted by Crippen LogP contribution is 2.25. The van der Waals surface area contributed by atoms with Crippen LogP contribution in [0.1, 0.15) is 24.8 Å². The van der Waals surface area contributed by atoms with Crippen LogP contribution in [0.2, 0.25) is 0 Å². The summed E-state index contributed by atoms with van der Waals surface area (Å²) in [6.45, 7) is 0. The van der Waals surface area contributed by atoms with Crippen molar-refractivity contribution >= 4 is 17.7 Å². The van der Waals surface area contributed by atoms with Gasteiger partial charge in [-0.1, -0.05) is 18.4 Å². The maximum absolute atomic E-state index is 11.9. The Bertz CT molecular complexity index is 562. The Morgan fingerprint density at radius 2 is 2.15 bits per heavy atom. The van der Waals surface area contributed by atoms with Crippen LogP contribution < -0.4 is 10.6 Å². The fourth-order valence-electron chi connectivity index (χ4n) is 2.45. The van der Waals surface area contributed by atoms with Crippen molar-refractivity contribution in [3.63, 3.8) is 0 Å². The lowest BCUT2D eigenvalue weighted by Gasteiger charge is -2.18. The molecule has 1 fully saturated rings. The van der Waals surface area contributed by atoms with E-state index in [1.807, 2.05) is 0 Å². The summed E-state index contributed by atoms with van der Waals surface area (Å²) >= 11 is 0. The lowest BCUT2D eigenvalue weighted by molar-refractivity contribution is -0.142. The molecule has 0 spiro atoms. The number of benzene rings is 1. The van der Waals surface area contributed by atoms with Gasteiger partial charge in [0.05, 0.1) is 5.92 Å². The Morgan fingerprint density at radius 1 is 1.35 bits per heavy atom. The molecule has 0 radical (unpaired) electrons. The van der Waals surface area contributed by atoms with Crippen LogP contribution >= 0.6 is 0 Å². The number of nitrogens with one attached hydrogen (secondary N) is 2. The van der Waals surface area contributed by atoms with Gasteiger partial charge in [0.1, 0.15) is 0 Å². The number of aliphatic carboxylic acids is 1. The van der Waals surface area contributed by atoms with Crippen molar-refractivity contribution in [1.29, 1.82) is 0 Å². The molecule has 0 aliphatic heterocycles. The van der Waals surface area contributed by atoms with E-state index in [2.05, 4.69) is 16.6 Å². The van der Waals surface area contributed by atoms with E-state index in [1.165, 1.54) is 0 Å². The summed E-state index contributed by atoms with van der Waals surface area (Å²) in [6.07, 6.45) is 7.40. The van der Waals surface area contributed by atoms with Gasteiger partial charge in [-0.2, -0.15) is 0 Å². The summed E-state index contributed by atoms with van der Waals surface area (Å²) in [5, 5.41) is 14.4. The van der Waals surface area contributed by atoms with Crippen LogP contribution in [0.4, 0.5) is 10.5 Å². The van der Waals surface area contributed by atoms with Crippen LogP contribution in [0, 0.1) is 18.3 Å². The Hall–Kier alpha value is -2.48. The molecule has 2 amide bonds. The molecule has 20 heavy (non-hydrogen) atoms. The number of amides is 2. The van der Waals surface area contributed by atoms with Crippen molar-refractivity contribution in [1.82, 2.24) is 5.32 Å². The van der Waals surface area contributed by atoms with Crippen LogP contribution in [0.15, 0.2) is 24.3 Å². The first-order valence-electron chi connectivity index (χ1n) is 6.47. The number of urea groups is 1. The normalized spacial score (nSPS) is 20.9. The molecular weight excluding hydrogens is 256 g/mol. The number of carbonyl (C=O) groups is 2. The first kappa shape index (κ1) is 13.9. The summed E-state index contributed by atoms with van der Waals surface area (Å²) in [7, 11) is 0. The molecule has 1 aromatic carbocycles. The van der Waals surface area contributed by atoms with Crippen LogP contribution in [0.5, 0.6) is 0 Å². The minimum absolute atomic E-state index is 0.316. The van der Waals surface area contributed by atoms with E-state index in [0.29, 0.717) is 24.1 Å². The molecule has 5 nitrogen and oxygen atoms in total. The topological polar surface area (TPSA) is 78.4 Å². The lowest BCUT2D eigenvalue weighted by Crippen LogP contribution is -2.42. The number of anilines is 1. The molecular formula is C15H16N2O3. The van der Waals surface area contributed by atoms with Gasteiger partial charge in [-0.05, 0) is 31.0 Å². The molecule has 2 rings (SSSR count). The molecule has 3 N–H and O–H groups in total. The van der Waals surface area contributed by atoms with Gasteiger partial charge >= 0.3 is 12.0 Å². The van der Waals surface area contributed by atoms with Crippen LogP contribution in [-0.4, -0.2) is 23.1 Å². The maximum Gasteiger partial charge on any atom is 0.319 e. The lowest BCUT2D eigenvalue weighted by atomic mass is 10.0. The molecule has 104 valence electrons. The van der Waals surface area contributed by atoms with Crippen molar-refractivity contribution in [3.05, 3.63) is 29.8 Å². The Balaban J connectivity index is 1.95. The van der Waals surface area contributed by atoms with Gasteiger partial charge in [-0.25, -0.2) is 4.79 Å². The zero-order chi connectivity index (χ0) is 14.5. The average molecular weight is 272 g/mol. The molecule has 0 bridgehead atoms. The molecule has 2 unspecified atom stereocenters. The van der Waals surface area contributed by atoms with Crippen LogP contribution in [0.3, 0.4) is 0 Å². The maximum atomic E-state index is 11.9. The smallest absolute Gasteiger partial charge is 0.319 e. The minimum atomic E-state index is -0.859. The number of carboxylic acids is 1. The predicted octanol–water partition coefficient (Wildman–Crippen LogP) is 2.04.